The largest absolute Gasteiger partial charge is 0.387 e. The van der Waals surface area contributed by atoms with Crippen molar-refractivity contribution < 1.29 is 42.6 Å². The van der Waals surface area contributed by atoms with Crippen molar-refractivity contribution >= 4 is 32.2 Å². The lowest BCUT2D eigenvalue weighted by Gasteiger charge is -2.18. The van der Waals surface area contributed by atoms with E-state index in [1.54, 1.807) is 0 Å². The van der Waals surface area contributed by atoms with E-state index < -0.39 is 52.3 Å². The van der Waals surface area contributed by atoms with Gasteiger partial charge in [-0.25, -0.2) is 19.3 Å². The maximum absolute atomic E-state index is 15.3. The predicted molar refractivity (Wildman–Crippen MR) is 146 cm³/mol. The molecule has 5 N–H and O–H groups in total. The second kappa shape index (κ2) is 12.0. The van der Waals surface area contributed by atoms with Crippen LogP contribution < -0.4 is 5.32 Å². The quantitative estimate of drug-likeness (QED) is 0.157. The monoisotopic (exact) mass is 607 g/mol. The van der Waals surface area contributed by atoms with E-state index in [0.29, 0.717) is 30.1 Å². The zero-order chi connectivity index (χ0) is 29.2. The number of halogens is 1. The lowest BCUT2D eigenvalue weighted by Crippen LogP contribution is -2.31. The van der Waals surface area contributed by atoms with Crippen LogP contribution in [-0.4, -0.2) is 70.2 Å². The Morgan fingerprint density at radius 2 is 1.66 bits per heavy atom. The van der Waals surface area contributed by atoms with Crippen LogP contribution in [0.1, 0.15) is 23.2 Å². The smallest absolute Gasteiger partial charge is 0.340 e. The topological polar surface area (TPSA) is 189 Å². The van der Waals surface area contributed by atoms with Gasteiger partial charge in [-0.2, -0.15) is 0 Å². The molecule has 0 aliphatic carbocycles. The van der Waals surface area contributed by atoms with Crippen LogP contribution in [0.5, 0.6) is 0 Å². The van der Waals surface area contributed by atoms with Crippen molar-refractivity contribution in [2.24, 2.45) is 0 Å². The van der Waals surface area contributed by atoms with Gasteiger partial charge in [-0.1, -0.05) is 60.7 Å². The molecular formula is C25H28FN5O8P2. The number of benzene rings is 2. The second-order valence-electron chi connectivity index (χ2n) is 9.55. The number of aromatic nitrogens is 4. The zero-order valence-electron chi connectivity index (χ0n) is 21.5. The van der Waals surface area contributed by atoms with Crippen LogP contribution in [0.15, 0.2) is 67.0 Å². The van der Waals surface area contributed by atoms with E-state index in [2.05, 4.69) is 20.3 Å². The summed E-state index contributed by atoms with van der Waals surface area (Å²) in [6, 6.07) is 19.1. The van der Waals surface area contributed by atoms with E-state index in [1.165, 1.54) is 10.9 Å². The summed E-state index contributed by atoms with van der Waals surface area (Å²) < 4.78 is 50.2. The number of rotatable bonds is 11. The van der Waals surface area contributed by atoms with Crippen LogP contribution >= 0.6 is 15.2 Å². The van der Waals surface area contributed by atoms with Crippen LogP contribution in [0.4, 0.5) is 10.2 Å². The normalized spacial score (nSPS) is 22.6. The molecule has 5 rings (SSSR count). The lowest BCUT2D eigenvalue weighted by molar-refractivity contribution is -0.0425. The third kappa shape index (κ3) is 7.24. The number of ether oxygens (including phenoxy) is 1. The van der Waals surface area contributed by atoms with Gasteiger partial charge in [0.15, 0.2) is 35.3 Å². The van der Waals surface area contributed by atoms with E-state index in [9.17, 15) is 19.1 Å². The first kappa shape index (κ1) is 29.4. The van der Waals surface area contributed by atoms with Crippen molar-refractivity contribution in [2.75, 3.05) is 17.8 Å². The number of nitrogens with one attached hydrogen (secondary N) is 1. The maximum atomic E-state index is 15.3. The molecule has 218 valence electrons. The number of aliphatic hydroxyl groups is 1. The number of alkyl halides is 1. The minimum Gasteiger partial charge on any atom is -0.387 e. The summed E-state index contributed by atoms with van der Waals surface area (Å²) in [5.74, 6) is -0.582. The Kier molecular flexibility index (Phi) is 8.65. The molecule has 0 radical (unpaired) electrons. The Morgan fingerprint density at radius 3 is 2.32 bits per heavy atom. The molecule has 5 atom stereocenters. The van der Waals surface area contributed by atoms with Gasteiger partial charge in [0.1, 0.15) is 18.0 Å². The summed E-state index contributed by atoms with van der Waals surface area (Å²) in [5, 5.41) is 13.7. The second-order valence-corrected chi connectivity index (χ2v) is 13.5. The fourth-order valence-corrected chi connectivity index (χ4v) is 7.01. The number of anilines is 1. The Balaban J connectivity index is 1.42. The first-order chi connectivity index (χ1) is 19.5. The van der Waals surface area contributed by atoms with Gasteiger partial charge in [0, 0.05) is 13.0 Å². The molecular weight excluding hydrogens is 579 g/mol. The minimum absolute atomic E-state index is 0.234. The first-order valence-electron chi connectivity index (χ1n) is 12.5. The molecule has 4 aromatic rings. The Bertz CT molecular complexity index is 1590. The molecule has 0 bridgehead atoms. The third-order valence-electron chi connectivity index (χ3n) is 6.35. The molecule has 1 unspecified atom stereocenters. The molecule has 2 aromatic heterocycles. The van der Waals surface area contributed by atoms with E-state index in [-0.39, 0.29) is 5.65 Å². The summed E-state index contributed by atoms with van der Waals surface area (Å²) in [6.45, 7) is -0.346. The molecule has 41 heavy (non-hydrogen) atoms. The lowest BCUT2D eigenvalue weighted by atomic mass is 10.1. The summed E-state index contributed by atoms with van der Waals surface area (Å²) in [7, 11) is -9.60. The Hall–Kier alpha value is -3.06. The van der Waals surface area contributed by atoms with E-state index in [4.69, 9.17) is 19.0 Å². The summed E-state index contributed by atoms with van der Waals surface area (Å²) in [4.78, 5) is 41.4. The van der Waals surface area contributed by atoms with Crippen LogP contribution in [-0.2, 0) is 31.4 Å². The number of hydrogen-bond donors (Lipinski definition) is 5. The molecule has 0 saturated carbocycles. The maximum Gasteiger partial charge on any atom is 0.340 e. The van der Waals surface area contributed by atoms with Crippen LogP contribution in [0.25, 0.3) is 11.2 Å². The van der Waals surface area contributed by atoms with Crippen molar-refractivity contribution in [3.8, 4) is 0 Å². The highest BCUT2D eigenvalue weighted by Crippen LogP contribution is 2.55. The number of aliphatic hydroxyl groups excluding tert-OH is 1. The molecule has 16 heteroatoms. The highest BCUT2D eigenvalue weighted by Gasteiger charge is 2.47. The molecule has 2 aromatic carbocycles. The average molecular weight is 607 g/mol. The SMILES string of the molecule is O=P(O)(O)CP(=O)(O)OC[C@H]1O[C@@H](n2cnc3c(NCc4ccccc4)nc(Cc4ccccc4)nc32)[C@@H](F)[C@@H]1O. The highest BCUT2D eigenvalue weighted by molar-refractivity contribution is 7.70. The van der Waals surface area contributed by atoms with Crippen molar-refractivity contribution in [1.29, 1.82) is 0 Å². The third-order valence-corrected chi connectivity index (χ3v) is 9.80. The van der Waals surface area contributed by atoms with Gasteiger partial charge in [-0.3, -0.25) is 13.7 Å². The van der Waals surface area contributed by atoms with E-state index >= 15 is 4.39 Å². The van der Waals surface area contributed by atoms with E-state index in [1.807, 2.05) is 60.7 Å². The van der Waals surface area contributed by atoms with E-state index in [0.717, 1.165) is 11.1 Å². The summed E-state index contributed by atoms with van der Waals surface area (Å²) in [6.07, 6.45) is -4.94. The Labute approximate surface area is 233 Å². The summed E-state index contributed by atoms with van der Waals surface area (Å²) in [5.41, 5.74) is 2.52. The molecule has 1 aliphatic heterocycles. The van der Waals surface area contributed by atoms with Gasteiger partial charge in [0.25, 0.3) is 0 Å². The predicted octanol–water partition coefficient (Wildman–Crippen LogP) is 2.96. The standard InChI is InChI=1S/C25H28FN5O8P2/c26-20-22(32)18(13-38-41(36,37)15-40(33,34)35)39-25(20)31-14-28-21-23(27-12-17-9-5-2-6-10-17)29-19(30-24(21)31)11-16-7-3-1-4-8-16/h1-10,14,18,20,22,25,32H,11-13,15H2,(H,36,37)(H,27,29,30)(H2,33,34,35)/t18-,20+,22-,25-/m1/s1. The highest BCUT2D eigenvalue weighted by atomic mass is 31.2. The van der Waals surface area contributed by atoms with Crippen LogP contribution in [0, 0.1) is 0 Å². The number of imidazole rings is 1. The molecule has 1 fully saturated rings. The molecule has 3 heterocycles. The molecule has 1 aliphatic rings. The van der Waals surface area contributed by atoms with Gasteiger partial charge in [0.2, 0.25) is 0 Å². The molecule has 0 amide bonds. The van der Waals surface area contributed by atoms with Gasteiger partial charge in [-0.15, -0.1) is 0 Å². The van der Waals surface area contributed by atoms with Crippen molar-refractivity contribution in [1.82, 2.24) is 19.5 Å². The minimum atomic E-state index is -4.86. The van der Waals surface area contributed by atoms with Gasteiger partial charge >= 0.3 is 15.2 Å². The fourth-order valence-electron chi connectivity index (χ4n) is 4.44. The van der Waals surface area contributed by atoms with Crippen molar-refractivity contribution in [2.45, 2.75) is 37.6 Å². The summed E-state index contributed by atoms with van der Waals surface area (Å²) >= 11 is 0. The molecule has 0 spiro atoms. The van der Waals surface area contributed by atoms with Crippen LogP contribution in [0.3, 0.4) is 0 Å². The molecule has 13 nitrogen and oxygen atoms in total. The number of nitrogens with zero attached hydrogens (tertiary/aromatic N) is 4. The fraction of sp³-hybridized carbons (Fsp3) is 0.320. The Morgan fingerprint density at radius 1 is 1.00 bits per heavy atom. The number of fused-ring (bicyclic) bond motifs is 1. The first-order valence-corrected chi connectivity index (χ1v) is 16.1. The van der Waals surface area contributed by atoms with Crippen LogP contribution in [0.2, 0.25) is 0 Å². The van der Waals surface area contributed by atoms with Crippen molar-refractivity contribution in [3.63, 3.8) is 0 Å². The zero-order valence-corrected chi connectivity index (χ0v) is 23.3. The molecule has 1 saturated heterocycles. The average Bonchev–Trinajstić information content (AvgIpc) is 3.46. The van der Waals surface area contributed by atoms with Gasteiger partial charge in [-0.05, 0) is 11.1 Å². The van der Waals surface area contributed by atoms with Gasteiger partial charge in [0.05, 0.1) is 12.9 Å². The number of hydrogen-bond acceptors (Lipinski definition) is 9. The van der Waals surface area contributed by atoms with Crippen molar-refractivity contribution in [3.05, 3.63) is 83.9 Å². The van der Waals surface area contributed by atoms with Gasteiger partial charge < -0.3 is 34.4 Å².